The first-order valence-electron chi connectivity index (χ1n) is 6.90. The molecule has 0 radical (unpaired) electrons. The Hall–Kier alpha value is -2.35. The number of fused-ring (bicyclic) bond motifs is 4. The van der Waals surface area contributed by atoms with Crippen molar-refractivity contribution in [2.24, 2.45) is 7.05 Å². The number of benzene rings is 2. The summed E-state index contributed by atoms with van der Waals surface area (Å²) in [4.78, 5) is 4.59. The van der Waals surface area contributed by atoms with Crippen molar-refractivity contribution in [1.82, 2.24) is 9.55 Å². The molecule has 20 heavy (non-hydrogen) atoms. The van der Waals surface area contributed by atoms with Gasteiger partial charge in [-0.15, -0.1) is 0 Å². The smallest absolute Gasteiger partial charge is 0.0495 e. The van der Waals surface area contributed by atoms with Gasteiger partial charge in [-0.1, -0.05) is 18.2 Å². The first kappa shape index (κ1) is 11.5. The van der Waals surface area contributed by atoms with E-state index in [2.05, 4.69) is 72.9 Å². The highest BCUT2D eigenvalue weighted by atomic mass is 14.9. The number of aryl methyl sites for hydroxylation is 3. The molecule has 0 amide bonds. The Morgan fingerprint density at radius 3 is 2.50 bits per heavy atom. The molecule has 0 saturated heterocycles. The number of nitrogens with zero attached hydrogens (tertiary/aromatic N) is 2. The van der Waals surface area contributed by atoms with Crippen LogP contribution in [0, 0.1) is 13.8 Å². The van der Waals surface area contributed by atoms with E-state index in [0.29, 0.717) is 0 Å². The average molecular weight is 260 g/mol. The second kappa shape index (κ2) is 3.83. The fourth-order valence-corrected chi connectivity index (χ4v) is 3.24. The van der Waals surface area contributed by atoms with E-state index < -0.39 is 0 Å². The third-order valence-electron chi connectivity index (χ3n) is 4.18. The number of hydrogen-bond donors (Lipinski definition) is 0. The van der Waals surface area contributed by atoms with Gasteiger partial charge in [-0.2, -0.15) is 0 Å². The molecular weight excluding hydrogens is 244 g/mol. The normalized spacial score (nSPS) is 11.8. The van der Waals surface area contributed by atoms with E-state index in [9.17, 15) is 0 Å². The number of para-hydroxylation sites is 1. The van der Waals surface area contributed by atoms with E-state index in [1.807, 2.05) is 0 Å². The van der Waals surface area contributed by atoms with E-state index >= 15 is 0 Å². The maximum Gasteiger partial charge on any atom is 0.0495 e. The van der Waals surface area contributed by atoms with Gasteiger partial charge in [0.15, 0.2) is 0 Å². The van der Waals surface area contributed by atoms with Crippen molar-refractivity contribution >= 4 is 32.6 Å². The van der Waals surface area contributed by atoms with Crippen LogP contribution in [0.1, 0.15) is 11.4 Å². The van der Waals surface area contributed by atoms with E-state index in [-0.39, 0.29) is 0 Å². The van der Waals surface area contributed by atoms with Crippen molar-refractivity contribution in [2.75, 3.05) is 0 Å². The molecule has 0 N–H and O–H groups in total. The quantitative estimate of drug-likeness (QED) is 0.455. The van der Waals surface area contributed by atoms with Crippen LogP contribution in [0.15, 0.2) is 42.5 Å². The molecule has 0 atom stereocenters. The van der Waals surface area contributed by atoms with E-state index in [1.165, 1.54) is 32.6 Å². The van der Waals surface area contributed by atoms with Crippen LogP contribution in [0.3, 0.4) is 0 Å². The predicted octanol–water partition coefficient (Wildman–Crippen LogP) is 4.50. The third-order valence-corrected chi connectivity index (χ3v) is 4.18. The second-order valence-electron chi connectivity index (χ2n) is 5.52. The van der Waals surface area contributed by atoms with E-state index in [0.717, 1.165) is 11.4 Å². The lowest BCUT2D eigenvalue weighted by molar-refractivity contribution is 1.01. The third kappa shape index (κ3) is 1.42. The van der Waals surface area contributed by atoms with Gasteiger partial charge in [-0.05, 0) is 43.5 Å². The van der Waals surface area contributed by atoms with Crippen LogP contribution in [-0.4, -0.2) is 9.55 Å². The maximum absolute atomic E-state index is 4.59. The number of aromatic nitrogens is 2. The minimum absolute atomic E-state index is 1.08. The standard InChI is InChI=1S/C18H16N2/c1-11-8-13-9-18-16(10-15(13)12(2)19-11)14-6-4-5-7-17(14)20(18)3/h4-10H,1-3H3. The molecule has 0 aliphatic carbocycles. The fourth-order valence-electron chi connectivity index (χ4n) is 3.24. The van der Waals surface area contributed by atoms with Crippen molar-refractivity contribution in [3.8, 4) is 0 Å². The van der Waals surface area contributed by atoms with Gasteiger partial charge < -0.3 is 4.57 Å². The highest BCUT2D eigenvalue weighted by Crippen LogP contribution is 2.32. The topological polar surface area (TPSA) is 17.8 Å². The number of hydrogen-bond acceptors (Lipinski definition) is 1. The lowest BCUT2D eigenvalue weighted by Gasteiger charge is -2.05. The molecule has 98 valence electrons. The van der Waals surface area contributed by atoms with E-state index in [1.54, 1.807) is 0 Å². The number of rotatable bonds is 0. The molecule has 0 aliphatic heterocycles. The minimum Gasteiger partial charge on any atom is -0.344 e. The Balaban J connectivity index is 2.29. The largest absolute Gasteiger partial charge is 0.344 e. The highest BCUT2D eigenvalue weighted by Gasteiger charge is 2.10. The summed E-state index contributed by atoms with van der Waals surface area (Å²) in [6, 6.07) is 15.3. The summed E-state index contributed by atoms with van der Waals surface area (Å²) < 4.78 is 2.27. The summed E-state index contributed by atoms with van der Waals surface area (Å²) in [5, 5.41) is 5.14. The molecule has 2 heterocycles. The van der Waals surface area contributed by atoms with E-state index in [4.69, 9.17) is 0 Å². The molecule has 2 aromatic carbocycles. The molecule has 2 nitrogen and oxygen atoms in total. The molecule has 2 aromatic heterocycles. The molecule has 0 aliphatic rings. The van der Waals surface area contributed by atoms with Crippen LogP contribution in [0.25, 0.3) is 32.6 Å². The van der Waals surface area contributed by atoms with Crippen LogP contribution >= 0.6 is 0 Å². The number of pyridine rings is 1. The van der Waals surface area contributed by atoms with Gasteiger partial charge in [0.05, 0.1) is 0 Å². The van der Waals surface area contributed by atoms with Crippen LogP contribution in [0.2, 0.25) is 0 Å². The summed E-state index contributed by atoms with van der Waals surface area (Å²) in [6.45, 7) is 4.14. The summed E-state index contributed by atoms with van der Waals surface area (Å²) in [7, 11) is 2.14. The summed E-state index contributed by atoms with van der Waals surface area (Å²) in [5.74, 6) is 0. The van der Waals surface area contributed by atoms with Crippen molar-refractivity contribution in [2.45, 2.75) is 13.8 Å². The zero-order valence-electron chi connectivity index (χ0n) is 11.9. The van der Waals surface area contributed by atoms with Gasteiger partial charge in [0, 0.05) is 45.6 Å². The van der Waals surface area contributed by atoms with Crippen LogP contribution in [-0.2, 0) is 7.05 Å². The SMILES string of the molecule is Cc1cc2cc3c(cc2c(C)n1)c1ccccc1n3C. The molecular formula is C18H16N2. The van der Waals surface area contributed by atoms with Gasteiger partial charge in [-0.25, -0.2) is 0 Å². The fraction of sp³-hybridized carbons (Fsp3) is 0.167. The van der Waals surface area contributed by atoms with Gasteiger partial charge in [0.25, 0.3) is 0 Å². The van der Waals surface area contributed by atoms with Crippen molar-refractivity contribution in [3.63, 3.8) is 0 Å². The van der Waals surface area contributed by atoms with Crippen molar-refractivity contribution in [1.29, 1.82) is 0 Å². The Kier molecular flexibility index (Phi) is 2.19. The van der Waals surface area contributed by atoms with Crippen LogP contribution in [0.5, 0.6) is 0 Å². The molecule has 4 rings (SSSR count). The Labute approximate surface area is 117 Å². The zero-order valence-corrected chi connectivity index (χ0v) is 11.9. The second-order valence-corrected chi connectivity index (χ2v) is 5.52. The summed E-state index contributed by atoms with van der Waals surface area (Å²) >= 11 is 0. The molecule has 2 heteroatoms. The molecule has 0 spiro atoms. The van der Waals surface area contributed by atoms with Crippen molar-refractivity contribution < 1.29 is 0 Å². The first-order valence-corrected chi connectivity index (χ1v) is 6.90. The Bertz CT molecular complexity index is 977. The summed E-state index contributed by atoms with van der Waals surface area (Å²) in [5.41, 5.74) is 4.74. The monoisotopic (exact) mass is 260 g/mol. The van der Waals surface area contributed by atoms with Crippen LogP contribution < -0.4 is 0 Å². The Morgan fingerprint density at radius 2 is 1.65 bits per heavy atom. The maximum atomic E-state index is 4.59. The predicted molar refractivity (Wildman–Crippen MR) is 85.2 cm³/mol. The molecule has 4 aromatic rings. The summed E-state index contributed by atoms with van der Waals surface area (Å²) in [6.07, 6.45) is 0. The zero-order chi connectivity index (χ0) is 13.9. The average Bonchev–Trinajstić information content (AvgIpc) is 2.71. The molecule has 0 saturated carbocycles. The lowest BCUT2D eigenvalue weighted by Crippen LogP contribution is -1.90. The van der Waals surface area contributed by atoms with Gasteiger partial charge in [-0.3, -0.25) is 4.98 Å². The van der Waals surface area contributed by atoms with Gasteiger partial charge in [0.1, 0.15) is 0 Å². The molecule has 0 bridgehead atoms. The van der Waals surface area contributed by atoms with Crippen LogP contribution in [0.4, 0.5) is 0 Å². The lowest BCUT2D eigenvalue weighted by atomic mass is 10.0. The minimum atomic E-state index is 1.08. The van der Waals surface area contributed by atoms with Crippen molar-refractivity contribution in [3.05, 3.63) is 53.9 Å². The highest BCUT2D eigenvalue weighted by molar-refractivity contribution is 6.12. The van der Waals surface area contributed by atoms with Gasteiger partial charge >= 0.3 is 0 Å². The Morgan fingerprint density at radius 1 is 0.850 bits per heavy atom. The first-order chi connectivity index (χ1) is 9.65. The molecule has 0 fully saturated rings. The van der Waals surface area contributed by atoms with Gasteiger partial charge in [0.2, 0.25) is 0 Å². The molecule has 0 unspecified atom stereocenters.